The van der Waals surface area contributed by atoms with Crippen LogP contribution in [-0.2, 0) is 0 Å². The molecule has 0 bridgehead atoms. The molecule has 0 amide bonds. The van der Waals surface area contributed by atoms with Gasteiger partial charge in [-0.3, -0.25) is 4.90 Å². The van der Waals surface area contributed by atoms with E-state index in [1.807, 2.05) is 4.90 Å². The molecule has 10 heteroatoms. The average molecular weight is 470 g/mol. The Balaban J connectivity index is 0.00000288. The van der Waals surface area contributed by atoms with E-state index in [9.17, 15) is 18.3 Å². The maximum Gasteiger partial charge on any atom is 0.389 e. The highest BCUT2D eigenvalue weighted by Crippen LogP contribution is 2.41. The Morgan fingerprint density at radius 3 is 2.40 bits per heavy atom. The Kier molecular flexibility index (Phi) is 10.5. The molecule has 1 aromatic carbocycles. The van der Waals surface area contributed by atoms with Crippen LogP contribution in [0.2, 0.25) is 0 Å². The number of nitrogens with zero attached hydrogens (tertiary/aromatic N) is 1. The molecule has 0 spiro atoms. The SMILES string of the molecule is COc1cc(Br)cc([C@@H](CCC(F)(F)F)N2CCNCC2)c1O.Cl.Cl. The maximum absolute atomic E-state index is 12.7. The van der Waals surface area contributed by atoms with Crippen LogP contribution in [0, 0.1) is 0 Å². The standard InChI is InChI=1S/C15H20BrF3N2O2.2ClH/c1-23-13-9-10(16)8-11(14(13)22)12(2-3-15(17,18)19)21-6-4-20-5-7-21;;/h8-9,12,20,22H,2-7H2,1H3;2*1H/t12-;;/m1../s1. The third kappa shape index (κ3) is 7.02. The van der Waals surface area contributed by atoms with Crippen molar-refractivity contribution in [1.29, 1.82) is 0 Å². The summed E-state index contributed by atoms with van der Waals surface area (Å²) in [6.45, 7) is 2.70. The number of phenols is 1. The van der Waals surface area contributed by atoms with Crippen molar-refractivity contribution in [1.82, 2.24) is 10.2 Å². The van der Waals surface area contributed by atoms with Crippen LogP contribution in [0.15, 0.2) is 16.6 Å². The number of rotatable bonds is 5. The molecule has 1 saturated heterocycles. The van der Waals surface area contributed by atoms with Crippen molar-refractivity contribution in [3.63, 3.8) is 0 Å². The van der Waals surface area contributed by atoms with Crippen LogP contribution < -0.4 is 10.1 Å². The summed E-state index contributed by atoms with van der Waals surface area (Å²) in [6, 6.07) is 2.75. The number of benzene rings is 1. The Hall–Kier alpha value is -0.410. The normalized spacial score (nSPS) is 16.5. The fourth-order valence-corrected chi connectivity index (χ4v) is 3.29. The molecule has 0 unspecified atom stereocenters. The minimum atomic E-state index is -4.22. The van der Waals surface area contributed by atoms with Gasteiger partial charge in [-0.15, -0.1) is 24.8 Å². The first-order valence-electron chi connectivity index (χ1n) is 7.39. The number of phenolic OH excluding ortho intramolecular Hbond substituents is 1. The van der Waals surface area contributed by atoms with Crippen molar-refractivity contribution in [2.24, 2.45) is 0 Å². The van der Waals surface area contributed by atoms with E-state index in [0.717, 1.165) is 0 Å². The Morgan fingerprint density at radius 2 is 1.88 bits per heavy atom. The minimum absolute atomic E-state index is 0. The number of ether oxygens (including phenoxy) is 1. The molecular weight excluding hydrogens is 448 g/mol. The molecule has 2 rings (SSSR count). The molecule has 1 aliphatic rings. The Morgan fingerprint density at radius 1 is 1.28 bits per heavy atom. The van der Waals surface area contributed by atoms with Gasteiger partial charge >= 0.3 is 6.18 Å². The van der Waals surface area contributed by atoms with Crippen LogP contribution in [0.3, 0.4) is 0 Å². The van der Waals surface area contributed by atoms with Crippen LogP contribution in [-0.4, -0.2) is 49.5 Å². The van der Waals surface area contributed by atoms with Crippen molar-refractivity contribution in [2.75, 3.05) is 33.3 Å². The van der Waals surface area contributed by atoms with E-state index >= 15 is 0 Å². The van der Waals surface area contributed by atoms with Crippen molar-refractivity contribution in [3.8, 4) is 11.5 Å². The van der Waals surface area contributed by atoms with E-state index in [4.69, 9.17) is 4.74 Å². The summed E-state index contributed by atoms with van der Waals surface area (Å²) in [4.78, 5) is 1.98. The van der Waals surface area contributed by atoms with E-state index in [1.54, 1.807) is 12.1 Å². The molecule has 0 radical (unpaired) electrons. The molecule has 2 N–H and O–H groups in total. The molecule has 0 aromatic heterocycles. The third-order valence-electron chi connectivity index (χ3n) is 3.94. The first-order chi connectivity index (χ1) is 10.8. The summed E-state index contributed by atoms with van der Waals surface area (Å²) in [7, 11) is 1.42. The minimum Gasteiger partial charge on any atom is -0.504 e. The summed E-state index contributed by atoms with van der Waals surface area (Å²) in [5, 5.41) is 13.6. The number of alkyl halides is 3. The Labute approximate surface area is 166 Å². The summed E-state index contributed by atoms with van der Waals surface area (Å²) >= 11 is 3.33. The first-order valence-corrected chi connectivity index (χ1v) is 8.19. The number of methoxy groups -OCH3 is 1. The van der Waals surface area contributed by atoms with Crippen molar-refractivity contribution < 1.29 is 23.0 Å². The van der Waals surface area contributed by atoms with Gasteiger partial charge in [-0.1, -0.05) is 15.9 Å². The summed E-state index contributed by atoms with van der Waals surface area (Å²) in [5.74, 6) is 0.155. The average Bonchev–Trinajstić information content (AvgIpc) is 2.50. The van der Waals surface area contributed by atoms with Crippen molar-refractivity contribution >= 4 is 40.7 Å². The largest absolute Gasteiger partial charge is 0.504 e. The second-order valence-corrected chi connectivity index (χ2v) is 6.42. The molecule has 1 atom stereocenters. The topological polar surface area (TPSA) is 44.7 Å². The van der Waals surface area contributed by atoms with E-state index in [1.165, 1.54) is 7.11 Å². The molecule has 146 valence electrons. The van der Waals surface area contributed by atoms with Gasteiger partial charge in [-0.05, 0) is 18.6 Å². The molecule has 1 heterocycles. The van der Waals surface area contributed by atoms with E-state index in [0.29, 0.717) is 36.2 Å². The summed E-state index contributed by atoms with van der Waals surface area (Å²) < 4.78 is 43.9. The zero-order valence-electron chi connectivity index (χ0n) is 13.6. The monoisotopic (exact) mass is 468 g/mol. The lowest BCUT2D eigenvalue weighted by Gasteiger charge is -2.36. The highest BCUT2D eigenvalue weighted by atomic mass is 79.9. The lowest BCUT2D eigenvalue weighted by Crippen LogP contribution is -2.45. The summed E-state index contributed by atoms with van der Waals surface area (Å²) in [6.07, 6.45) is -5.22. The van der Waals surface area contributed by atoms with Gasteiger partial charge in [0, 0.05) is 48.7 Å². The van der Waals surface area contributed by atoms with Gasteiger partial charge in [0.1, 0.15) is 0 Å². The highest BCUT2D eigenvalue weighted by Gasteiger charge is 2.33. The molecular formula is C15H22BrCl2F3N2O2. The maximum atomic E-state index is 12.7. The van der Waals surface area contributed by atoms with E-state index < -0.39 is 18.6 Å². The third-order valence-corrected chi connectivity index (χ3v) is 4.40. The van der Waals surface area contributed by atoms with Crippen LogP contribution in [0.1, 0.15) is 24.4 Å². The van der Waals surface area contributed by atoms with Crippen molar-refractivity contribution in [2.45, 2.75) is 25.1 Å². The molecule has 0 aliphatic carbocycles. The van der Waals surface area contributed by atoms with Crippen molar-refractivity contribution in [3.05, 3.63) is 22.2 Å². The zero-order chi connectivity index (χ0) is 17.0. The predicted molar refractivity (Wildman–Crippen MR) is 99.3 cm³/mol. The lowest BCUT2D eigenvalue weighted by molar-refractivity contribution is -0.138. The van der Waals surface area contributed by atoms with Crippen LogP contribution in [0.25, 0.3) is 0 Å². The molecule has 25 heavy (non-hydrogen) atoms. The van der Waals surface area contributed by atoms with Gasteiger partial charge < -0.3 is 15.2 Å². The molecule has 1 aliphatic heterocycles. The van der Waals surface area contributed by atoms with Gasteiger partial charge in [0.2, 0.25) is 0 Å². The van der Waals surface area contributed by atoms with Crippen LogP contribution >= 0.6 is 40.7 Å². The number of aromatic hydroxyl groups is 1. The number of hydrogen-bond donors (Lipinski definition) is 2. The smallest absolute Gasteiger partial charge is 0.389 e. The Bertz CT molecular complexity index is 544. The van der Waals surface area contributed by atoms with Crippen LogP contribution in [0.4, 0.5) is 13.2 Å². The van der Waals surface area contributed by atoms with E-state index in [2.05, 4.69) is 21.2 Å². The molecule has 4 nitrogen and oxygen atoms in total. The fourth-order valence-electron chi connectivity index (χ4n) is 2.83. The number of hydrogen-bond acceptors (Lipinski definition) is 4. The lowest BCUT2D eigenvalue weighted by atomic mass is 9.98. The quantitative estimate of drug-likeness (QED) is 0.674. The summed E-state index contributed by atoms with van der Waals surface area (Å²) in [5.41, 5.74) is 0.461. The second kappa shape index (κ2) is 10.7. The first kappa shape index (κ1) is 24.6. The molecule has 1 aromatic rings. The van der Waals surface area contributed by atoms with Crippen LogP contribution in [0.5, 0.6) is 11.5 Å². The zero-order valence-corrected chi connectivity index (χ0v) is 16.8. The second-order valence-electron chi connectivity index (χ2n) is 5.50. The van der Waals surface area contributed by atoms with Gasteiger partial charge in [0.25, 0.3) is 0 Å². The number of nitrogens with one attached hydrogen (secondary N) is 1. The molecule has 1 fully saturated rings. The number of halogens is 6. The highest BCUT2D eigenvalue weighted by molar-refractivity contribution is 9.10. The fraction of sp³-hybridized carbons (Fsp3) is 0.600. The molecule has 0 saturated carbocycles. The van der Waals surface area contributed by atoms with Gasteiger partial charge in [-0.25, -0.2) is 0 Å². The van der Waals surface area contributed by atoms with Gasteiger partial charge in [-0.2, -0.15) is 13.2 Å². The van der Waals surface area contributed by atoms with Gasteiger partial charge in [0.15, 0.2) is 11.5 Å². The van der Waals surface area contributed by atoms with Gasteiger partial charge in [0.05, 0.1) is 7.11 Å². The van der Waals surface area contributed by atoms with E-state index in [-0.39, 0.29) is 42.7 Å². The predicted octanol–water partition coefficient (Wildman–Crippen LogP) is 4.30. The number of piperazine rings is 1.